The summed E-state index contributed by atoms with van der Waals surface area (Å²) < 4.78 is 13.4. The molecule has 0 aliphatic carbocycles. The Morgan fingerprint density at radius 1 is 1.00 bits per heavy atom. The average Bonchev–Trinajstić information content (AvgIpc) is 2.52. The minimum atomic E-state index is -0.148. The summed E-state index contributed by atoms with van der Waals surface area (Å²) in [5, 5.41) is 0. The highest BCUT2D eigenvalue weighted by molar-refractivity contribution is 5.98. The van der Waals surface area contributed by atoms with Gasteiger partial charge < -0.3 is 0 Å². The number of halogens is 1. The van der Waals surface area contributed by atoms with Crippen molar-refractivity contribution in [1.29, 1.82) is 0 Å². The normalized spacial score (nSPS) is 10.8. The lowest BCUT2D eigenvalue weighted by Gasteiger charge is -2.03. The van der Waals surface area contributed by atoms with Crippen LogP contribution in [0.1, 0.15) is 37.5 Å². The van der Waals surface area contributed by atoms with Crippen molar-refractivity contribution >= 4 is 5.71 Å². The Morgan fingerprint density at radius 3 is 2.24 bits per heavy atom. The smallest absolute Gasteiger partial charge is 0.126 e. The Bertz CT molecular complexity index is 570. The van der Waals surface area contributed by atoms with E-state index in [4.69, 9.17) is 0 Å². The van der Waals surface area contributed by atoms with E-state index in [2.05, 4.69) is 36.2 Å². The third kappa shape index (κ3) is 5.50. The largest absolute Gasteiger partial charge is 0.289 e. The number of aryl methyl sites for hydroxylation is 1. The van der Waals surface area contributed by atoms with Gasteiger partial charge in [0.15, 0.2) is 0 Å². The molecule has 21 heavy (non-hydrogen) atoms. The number of aliphatic imine (C=N–C) groups is 1. The summed E-state index contributed by atoms with van der Waals surface area (Å²) in [7, 11) is 0. The highest BCUT2D eigenvalue weighted by Crippen LogP contribution is 2.08. The van der Waals surface area contributed by atoms with Crippen molar-refractivity contribution in [2.45, 2.75) is 34.1 Å². The van der Waals surface area contributed by atoms with Crippen molar-refractivity contribution in [3.8, 4) is 0 Å². The summed E-state index contributed by atoms with van der Waals surface area (Å²) in [5.74, 6) is -0.148. The van der Waals surface area contributed by atoms with Crippen LogP contribution in [0.2, 0.25) is 0 Å². The van der Waals surface area contributed by atoms with Gasteiger partial charge in [0.05, 0.1) is 0 Å². The molecule has 0 N–H and O–H groups in total. The number of rotatable bonds is 4. The van der Waals surface area contributed by atoms with Gasteiger partial charge in [-0.1, -0.05) is 61.9 Å². The van der Waals surface area contributed by atoms with E-state index in [0.29, 0.717) is 13.0 Å². The van der Waals surface area contributed by atoms with Gasteiger partial charge in [0.1, 0.15) is 5.82 Å². The van der Waals surface area contributed by atoms with Crippen LogP contribution in [-0.2, 0) is 6.42 Å². The maximum Gasteiger partial charge on any atom is 0.126 e. The summed E-state index contributed by atoms with van der Waals surface area (Å²) in [4.78, 5) is 4.51. The zero-order valence-corrected chi connectivity index (χ0v) is 13.4. The van der Waals surface area contributed by atoms with Crippen molar-refractivity contribution < 1.29 is 4.39 Å². The zero-order chi connectivity index (χ0) is 15.7. The van der Waals surface area contributed by atoms with Crippen molar-refractivity contribution in [2.24, 2.45) is 4.99 Å². The van der Waals surface area contributed by atoms with Crippen LogP contribution in [0.3, 0.4) is 0 Å². The van der Waals surface area contributed by atoms with E-state index in [1.165, 1.54) is 11.6 Å². The summed E-state index contributed by atoms with van der Waals surface area (Å²) in [5.41, 5.74) is 4.08. The average molecular weight is 285 g/mol. The molecule has 0 atom stereocenters. The lowest BCUT2D eigenvalue weighted by Crippen LogP contribution is -1.99. The van der Waals surface area contributed by atoms with Crippen LogP contribution >= 0.6 is 0 Å². The summed E-state index contributed by atoms with van der Waals surface area (Å²) >= 11 is 0. The van der Waals surface area contributed by atoms with Gasteiger partial charge in [0.25, 0.3) is 0 Å². The van der Waals surface area contributed by atoms with Gasteiger partial charge >= 0.3 is 0 Å². The highest BCUT2D eigenvalue weighted by Gasteiger charge is 2.00. The van der Waals surface area contributed by atoms with Crippen LogP contribution in [0, 0.1) is 12.7 Å². The molecule has 112 valence electrons. The predicted molar refractivity (Wildman–Crippen MR) is 89.7 cm³/mol. The first-order valence-electron chi connectivity index (χ1n) is 7.48. The zero-order valence-electron chi connectivity index (χ0n) is 13.4. The first-order valence-corrected chi connectivity index (χ1v) is 7.48. The van der Waals surface area contributed by atoms with Crippen LogP contribution in [0.5, 0.6) is 0 Å². The van der Waals surface area contributed by atoms with Gasteiger partial charge in [0, 0.05) is 12.3 Å². The Labute approximate surface area is 127 Å². The van der Waals surface area contributed by atoms with Gasteiger partial charge in [-0.3, -0.25) is 4.99 Å². The molecule has 1 nitrogen and oxygen atoms in total. The van der Waals surface area contributed by atoms with Crippen LogP contribution in [-0.4, -0.2) is 12.3 Å². The monoisotopic (exact) mass is 285 g/mol. The minimum absolute atomic E-state index is 0.148. The van der Waals surface area contributed by atoms with Crippen molar-refractivity contribution in [1.82, 2.24) is 0 Å². The molecule has 0 unspecified atom stereocenters. The van der Waals surface area contributed by atoms with Crippen LogP contribution in [0.15, 0.2) is 53.5 Å². The Hall–Kier alpha value is -1.96. The SMILES string of the molecule is CC.CC(=NCCc1ccccc1F)c1ccc(C)cc1. The van der Waals surface area contributed by atoms with Crippen molar-refractivity contribution in [3.63, 3.8) is 0 Å². The Kier molecular flexibility index (Phi) is 7.38. The van der Waals surface area contributed by atoms with E-state index >= 15 is 0 Å². The Morgan fingerprint density at radius 2 is 1.62 bits per heavy atom. The van der Waals surface area contributed by atoms with E-state index < -0.39 is 0 Å². The van der Waals surface area contributed by atoms with E-state index in [1.807, 2.05) is 32.9 Å². The lowest BCUT2D eigenvalue weighted by molar-refractivity contribution is 0.609. The topological polar surface area (TPSA) is 12.4 Å². The highest BCUT2D eigenvalue weighted by atomic mass is 19.1. The summed E-state index contributed by atoms with van der Waals surface area (Å²) in [6.45, 7) is 8.67. The Balaban J connectivity index is 0.00000106. The minimum Gasteiger partial charge on any atom is -0.289 e. The van der Waals surface area contributed by atoms with E-state index in [9.17, 15) is 4.39 Å². The molecule has 0 aliphatic rings. The molecule has 2 aromatic rings. The molecule has 0 spiro atoms. The fourth-order valence-corrected chi connectivity index (χ4v) is 1.93. The standard InChI is InChI=1S/C17H18FN.C2H6/c1-13-7-9-15(10-8-13)14(2)19-12-11-16-5-3-4-6-17(16)18;1-2/h3-10H,11-12H2,1-2H3;1-2H3. The number of nitrogens with zero attached hydrogens (tertiary/aromatic N) is 1. The van der Waals surface area contributed by atoms with E-state index in [-0.39, 0.29) is 5.82 Å². The molecule has 2 heteroatoms. The molecule has 0 aromatic heterocycles. The quantitative estimate of drug-likeness (QED) is 0.684. The maximum atomic E-state index is 13.4. The molecule has 0 radical (unpaired) electrons. The molecular weight excluding hydrogens is 261 g/mol. The second kappa shape index (κ2) is 9.06. The van der Waals surface area contributed by atoms with Crippen molar-refractivity contribution in [2.75, 3.05) is 6.54 Å². The van der Waals surface area contributed by atoms with E-state index in [0.717, 1.165) is 16.8 Å². The number of benzene rings is 2. The van der Waals surface area contributed by atoms with Gasteiger partial charge in [-0.25, -0.2) is 4.39 Å². The molecule has 0 fully saturated rings. The predicted octanol–water partition coefficient (Wildman–Crippen LogP) is 5.21. The first kappa shape index (κ1) is 17.1. The summed E-state index contributed by atoms with van der Waals surface area (Å²) in [6.07, 6.45) is 0.635. The molecule has 0 saturated carbocycles. The molecule has 0 aliphatic heterocycles. The van der Waals surface area contributed by atoms with Crippen molar-refractivity contribution in [3.05, 3.63) is 71.0 Å². The summed E-state index contributed by atoms with van der Waals surface area (Å²) in [6, 6.07) is 15.2. The van der Waals surface area contributed by atoms with Gasteiger partial charge in [-0.2, -0.15) is 0 Å². The fraction of sp³-hybridized carbons (Fsp3) is 0.316. The van der Waals surface area contributed by atoms with Gasteiger partial charge in [-0.15, -0.1) is 0 Å². The van der Waals surface area contributed by atoms with Crippen LogP contribution in [0.25, 0.3) is 0 Å². The molecule has 0 bridgehead atoms. The number of hydrogen-bond donors (Lipinski definition) is 0. The molecule has 0 amide bonds. The first-order chi connectivity index (χ1) is 10.2. The molecule has 2 rings (SSSR count). The van der Waals surface area contributed by atoms with Crippen LogP contribution in [0.4, 0.5) is 4.39 Å². The second-order valence-corrected chi connectivity index (χ2v) is 4.67. The second-order valence-electron chi connectivity index (χ2n) is 4.67. The fourth-order valence-electron chi connectivity index (χ4n) is 1.93. The maximum absolute atomic E-state index is 13.4. The lowest BCUT2D eigenvalue weighted by atomic mass is 10.1. The van der Waals surface area contributed by atoms with E-state index in [1.54, 1.807) is 6.07 Å². The van der Waals surface area contributed by atoms with Gasteiger partial charge in [-0.05, 0) is 37.5 Å². The molecule has 0 heterocycles. The third-order valence-electron chi connectivity index (χ3n) is 3.16. The molecular formula is C19H24FN. The third-order valence-corrected chi connectivity index (χ3v) is 3.16. The van der Waals surface area contributed by atoms with Crippen LogP contribution < -0.4 is 0 Å². The molecule has 2 aromatic carbocycles. The number of hydrogen-bond acceptors (Lipinski definition) is 1. The van der Waals surface area contributed by atoms with Gasteiger partial charge in [0.2, 0.25) is 0 Å². The molecule has 0 saturated heterocycles.